The molecule has 0 aliphatic carbocycles. The Labute approximate surface area is 173 Å². The third-order valence-electron chi connectivity index (χ3n) is 5.31. The van der Waals surface area contributed by atoms with Gasteiger partial charge in [-0.05, 0) is 36.6 Å². The molecule has 2 aliphatic heterocycles. The van der Waals surface area contributed by atoms with Crippen LogP contribution in [0.5, 0.6) is 5.75 Å². The standard InChI is InChI=1S/C22H22N2O4S/c1-29-13-11-18(24-21(26)14-6-2-3-7-15(14)22(24)27)20(25)23-17-10-12-28-19-9-5-4-8-16(17)19/h2-9,17-18H,10-13H2,1H3,(H,23,25). The average molecular weight is 410 g/mol. The van der Waals surface area contributed by atoms with Crippen LogP contribution in [0.3, 0.4) is 0 Å². The number of fused-ring (bicyclic) bond motifs is 2. The van der Waals surface area contributed by atoms with Crippen molar-refractivity contribution in [2.75, 3.05) is 18.6 Å². The third kappa shape index (κ3) is 3.62. The average Bonchev–Trinajstić information content (AvgIpc) is 3.00. The van der Waals surface area contributed by atoms with Gasteiger partial charge in [-0.2, -0.15) is 11.8 Å². The molecule has 0 aromatic heterocycles. The van der Waals surface area contributed by atoms with Crippen LogP contribution in [0.25, 0.3) is 0 Å². The summed E-state index contributed by atoms with van der Waals surface area (Å²) in [5, 5.41) is 3.05. The Bertz CT molecular complexity index is 926. The zero-order valence-corrected chi connectivity index (χ0v) is 16.9. The van der Waals surface area contributed by atoms with E-state index in [0.717, 1.165) is 16.2 Å². The molecule has 29 heavy (non-hydrogen) atoms. The van der Waals surface area contributed by atoms with E-state index in [1.165, 1.54) is 0 Å². The first-order valence-corrected chi connectivity index (χ1v) is 11.0. The van der Waals surface area contributed by atoms with Crippen molar-refractivity contribution in [3.8, 4) is 5.75 Å². The molecule has 6 nitrogen and oxygen atoms in total. The van der Waals surface area contributed by atoms with Gasteiger partial charge in [-0.1, -0.05) is 30.3 Å². The van der Waals surface area contributed by atoms with Gasteiger partial charge in [-0.15, -0.1) is 0 Å². The van der Waals surface area contributed by atoms with Crippen molar-refractivity contribution >= 4 is 29.5 Å². The molecule has 2 aromatic rings. The van der Waals surface area contributed by atoms with Crippen molar-refractivity contribution in [2.45, 2.75) is 24.9 Å². The predicted molar refractivity (Wildman–Crippen MR) is 111 cm³/mol. The zero-order chi connectivity index (χ0) is 20.4. The van der Waals surface area contributed by atoms with Crippen LogP contribution < -0.4 is 10.1 Å². The van der Waals surface area contributed by atoms with Gasteiger partial charge in [0.25, 0.3) is 11.8 Å². The van der Waals surface area contributed by atoms with Gasteiger partial charge in [0.2, 0.25) is 5.91 Å². The SMILES string of the molecule is CSCCC(C(=O)NC1CCOc2ccccc21)N1C(=O)c2ccccc2C1=O. The number of rotatable bonds is 6. The van der Waals surface area contributed by atoms with E-state index >= 15 is 0 Å². The first-order chi connectivity index (χ1) is 14.1. The Morgan fingerprint density at radius 3 is 2.48 bits per heavy atom. The van der Waals surface area contributed by atoms with Gasteiger partial charge < -0.3 is 10.1 Å². The lowest BCUT2D eigenvalue weighted by Gasteiger charge is -2.30. The lowest BCUT2D eigenvalue weighted by Crippen LogP contribution is -2.51. The maximum Gasteiger partial charge on any atom is 0.262 e. The van der Waals surface area contributed by atoms with Gasteiger partial charge >= 0.3 is 0 Å². The van der Waals surface area contributed by atoms with E-state index < -0.39 is 17.9 Å². The Morgan fingerprint density at radius 2 is 1.79 bits per heavy atom. The number of imide groups is 1. The molecule has 3 amide bonds. The molecule has 0 spiro atoms. The van der Waals surface area contributed by atoms with Crippen LogP contribution in [0.1, 0.15) is 45.2 Å². The Kier molecular flexibility index (Phi) is 5.58. The number of nitrogens with one attached hydrogen (secondary N) is 1. The number of ether oxygens (including phenoxy) is 1. The van der Waals surface area contributed by atoms with E-state index in [9.17, 15) is 14.4 Å². The van der Waals surface area contributed by atoms with Gasteiger partial charge in [-0.3, -0.25) is 19.3 Å². The highest BCUT2D eigenvalue weighted by molar-refractivity contribution is 7.98. The molecular weight excluding hydrogens is 388 g/mol. The fourth-order valence-electron chi connectivity index (χ4n) is 3.86. The minimum Gasteiger partial charge on any atom is -0.493 e. The molecule has 2 aliphatic rings. The third-order valence-corrected chi connectivity index (χ3v) is 5.95. The number of amides is 3. The summed E-state index contributed by atoms with van der Waals surface area (Å²) < 4.78 is 5.66. The Morgan fingerprint density at radius 1 is 1.14 bits per heavy atom. The minimum atomic E-state index is -0.843. The summed E-state index contributed by atoms with van der Waals surface area (Å²) in [7, 11) is 0. The second-order valence-electron chi connectivity index (χ2n) is 7.06. The fraction of sp³-hybridized carbons (Fsp3) is 0.318. The van der Waals surface area contributed by atoms with Gasteiger partial charge in [0.05, 0.1) is 23.8 Å². The topological polar surface area (TPSA) is 75.7 Å². The molecule has 0 saturated heterocycles. The van der Waals surface area contributed by atoms with Gasteiger partial charge in [0.1, 0.15) is 11.8 Å². The van der Waals surface area contributed by atoms with Gasteiger partial charge in [0.15, 0.2) is 0 Å². The second-order valence-corrected chi connectivity index (χ2v) is 8.04. The predicted octanol–water partition coefficient (Wildman–Crippen LogP) is 3.04. The molecule has 2 atom stereocenters. The van der Waals surface area contributed by atoms with Crippen LogP contribution >= 0.6 is 11.8 Å². The number of hydrogen-bond donors (Lipinski definition) is 1. The molecule has 0 radical (unpaired) electrons. The molecule has 2 heterocycles. The van der Waals surface area contributed by atoms with Crippen molar-refractivity contribution in [1.82, 2.24) is 10.2 Å². The monoisotopic (exact) mass is 410 g/mol. The molecule has 1 N–H and O–H groups in total. The molecule has 7 heteroatoms. The second kappa shape index (κ2) is 8.29. The van der Waals surface area contributed by atoms with Gasteiger partial charge in [-0.25, -0.2) is 0 Å². The summed E-state index contributed by atoms with van der Waals surface area (Å²) in [6.07, 6.45) is 2.98. The lowest BCUT2D eigenvalue weighted by atomic mass is 10.00. The highest BCUT2D eigenvalue weighted by Gasteiger charge is 2.42. The molecule has 2 unspecified atom stereocenters. The summed E-state index contributed by atoms with van der Waals surface area (Å²) in [5.74, 6) is 0.301. The minimum absolute atomic E-state index is 0.209. The first-order valence-electron chi connectivity index (χ1n) is 9.59. The number of para-hydroxylation sites is 1. The molecule has 0 saturated carbocycles. The van der Waals surface area contributed by atoms with Crippen molar-refractivity contribution in [3.63, 3.8) is 0 Å². The molecule has 150 valence electrons. The number of carbonyl (C=O) groups is 3. The number of benzene rings is 2. The summed E-state index contributed by atoms with van der Waals surface area (Å²) >= 11 is 1.58. The number of nitrogens with zero attached hydrogens (tertiary/aromatic N) is 1. The van der Waals surface area contributed by atoms with Crippen LogP contribution in [-0.2, 0) is 4.79 Å². The molecule has 4 rings (SSSR count). The number of thioether (sulfide) groups is 1. The summed E-state index contributed by atoms with van der Waals surface area (Å²) in [5.41, 5.74) is 1.63. The highest BCUT2D eigenvalue weighted by Crippen LogP contribution is 2.32. The van der Waals surface area contributed by atoms with Crippen molar-refractivity contribution < 1.29 is 19.1 Å². The van der Waals surface area contributed by atoms with E-state index in [1.807, 2.05) is 30.5 Å². The zero-order valence-electron chi connectivity index (χ0n) is 16.1. The van der Waals surface area contributed by atoms with E-state index in [-0.39, 0.29) is 11.9 Å². The van der Waals surface area contributed by atoms with Gasteiger partial charge in [0, 0.05) is 12.0 Å². The molecule has 2 aromatic carbocycles. The van der Waals surface area contributed by atoms with E-state index in [2.05, 4.69) is 5.32 Å². The van der Waals surface area contributed by atoms with Crippen LogP contribution in [-0.4, -0.2) is 47.3 Å². The lowest BCUT2D eigenvalue weighted by molar-refractivity contribution is -0.126. The number of carbonyl (C=O) groups excluding carboxylic acids is 3. The summed E-state index contributed by atoms with van der Waals surface area (Å²) in [6.45, 7) is 0.504. The van der Waals surface area contributed by atoms with Crippen molar-refractivity contribution in [3.05, 3.63) is 65.2 Å². The van der Waals surface area contributed by atoms with E-state index in [0.29, 0.717) is 36.3 Å². The van der Waals surface area contributed by atoms with E-state index in [4.69, 9.17) is 4.74 Å². The smallest absolute Gasteiger partial charge is 0.262 e. The normalized spacial score (nSPS) is 18.7. The molecular formula is C22H22N2O4S. The van der Waals surface area contributed by atoms with Crippen LogP contribution in [0.4, 0.5) is 0 Å². The number of hydrogen-bond acceptors (Lipinski definition) is 5. The van der Waals surface area contributed by atoms with Crippen LogP contribution in [0, 0.1) is 0 Å². The maximum absolute atomic E-state index is 13.2. The quantitative estimate of drug-likeness (QED) is 0.741. The van der Waals surface area contributed by atoms with E-state index in [1.54, 1.807) is 36.0 Å². The Hall–Kier alpha value is -2.80. The summed E-state index contributed by atoms with van der Waals surface area (Å²) in [4.78, 5) is 40.2. The highest BCUT2D eigenvalue weighted by atomic mass is 32.2. The fourth-order valence-corrected chi connectivity index (χ4v) is 4.32. The largest absolute Gasteiger partial charge is 0.493 e. The Balaban J connectivity index is 1.59. The van der Waals surface area contributed by atoms with Crippen molar-refractivity contribution in [2.24, 2.45) is 0 Å². The maximum atomic E-state index is 13.2. The van der Waals surface area contributed by atoms with Crippen LogP contribution in [0.2, 0.25) is 0 Å². The van der Waals surface area contributed by atoms with Crippen LogP contribution in [0.15, 0.2) is 48.5 Å². The summed E-state index contributed by atoms with van der Waals surface area (Å²) in [6, 6.07) is 13.3. The van der Waals surface area contributed by atoms with Crippen molar-refractivity contribution in [1.29, 1.82) is 0 Å². The first kappa shape index (κ1) is 19.5. The molecule has 0 fully saturated rings. The molecule has 0 bridgehead atoms.